The first-order chi connectivity index (χ1) is 11.6. The van der Waals surface area contributed by atoms with Crippen LogP contribution in [0.1, 0.15) is 41.0 Å². The fourth-order valence-electron chi connectivity index (χ4n) is 2.32. The van der Waals surface area contributed by atoms with Gasteiger partial charge in [-0.1, -0.05) is 0 Å². The monoisotopic (exact) mass is 332 g/mol. The highest BCUT2D eigenvalue weighted by Crippen LogP contribution is 2.13. The van der Waals surface area contributed by atoms with E-state index < -0.39 is 5.91 Å². The average molecular weight is 332 g/mol. The number of hydrogen-bond donors (Lipinski definition) is 2. The van der Waals surface area contributed by atoms with Crippen LogP contribution in [0.15, 0.2) is 18.6 Å². The molecule has 0 aliphatic rings. The molecule has 0 aliphatic heterocycles. The molecule has 130 valence electrons. The molecule has 2 rings (SSSR count). The zero-order valence-electron chi connectivity index (χ0n) is 14.2. The lowest BCUT2D eigenvalue weighted by Crippen LogP contribution is -2.18. The van der Waals surface area contributed by atoms with Gasteiger partial charge in [-0.15, -0.1) is 0 Å². The number of aryl methyl sites for hydroxylation is 1. The number of carbonyl (C=O) groups excluding carboxylic acids is 1. The van der Waals surface area contributed by atoms with Crippen molar-refractivity contribution in [3.63, 3.8) is 0 Å². The van der Waals surface area contributed by atoms with Crippen LogP contribution in [-0.2, 0) is 18.2 Å². The van der Waals surface area contributed by atoms with Crippen molar-refractivity contribution in [3.05, 3.63) is 35.5 Å². The van der Waals surface area contributed by atoms with Crippen LogP contribution < -0.4 is 11.1 Å². The van der Waals surface area contributed by atoms with Gasteiger partial charge >= 0.3 is 0 Å². The number of nitrogens with zero attached hydrogens (tertiary/aromatic N) is 4. The van der Waals surface area contributed by atoms with Crippen molar-refractivity contribution >= 4 is 11.7 Å². The molecule has 0 aliphatic carbocycles. The van der Waals surface area contributed by atoms with Crippen molar-refractivity contribution in [1.29, 1.82) is 0 Å². The molecule has 2 heterocycles. The van der Waals surface area contributed by atoms with Crippen LogP contribution in [0, 0.1) is 0 Å². The number of amides is 1. The molecule has 24 heavy (non-hydrogen) atoms. The minimum atomic E-state index is -0.537. The average Bonchev–Trinajstić information content (AvgIpc) is 2.95. The number of methoxy groups -OCH3 is 1. The van der Waals surface area contributed by atoms with Crippen LogP contribution in [0.2, 0.25) is 0 Å². The zero-order valence-corrected chi connectivity index (χ0v) is 14.2. The van der Waals surface area contributed by atoms with Gasteiger partial charge in [-0.25, -0.2) is 9.97 Å². The highest BCUT2D eigenvalue weighted by atomic mass is 16.5. The Morgan fingerprint density at radius 1 is 1.33 bits per heavy atom. The molecule has 8 heteroatoms. The van der Waals surface area contributed by atoms with Gasteiger partial charge in [0.25, 0.3) is 5.91 Å². The summed E-state index contributed by atoms with van der Waals surface area (Å²) in [6, 6.07) is 0. The third-order valence-electron chi connectivity index (χ3n) is 3.54. The van der Waals surface area contributed by atoms with Gasteiger partial charge in [0.1, 0.15) is 11.6 Å². The van der Waals surface area contributed by atoms with Crippen molar-refractivity contribution in [3.8, 4) is 0 Å². The minimum Gasteiger partial charge on any atom is -0.385 e. The summed E-state index contributed by atoms with van der Waals surface area (Å²) in [7, 11) is 3.55. The SMILES string of the molecule is COCCCCCNc1nc(Cc2cnn(C)c2)ncc1C(N)=O. The Kier molecular flexibility index (Phi) is 6.68. The second-order valence-electron chi connectivity index (χ2n) is 5.59. The summed E-state index contributed by atoms with van der Waals surface area (Å²) in [5.74, 6) is 0.572. The molecule has 8 nitrogen and oxygen atoms in total. The van der Waals surface area contributed by atoms with Crippen molar-refractivity contribution in [1.82, 2.24) is 19.7 Å². The predicted octanol–water partition coefficient (Wildman–Crippen LogP) is 1.13. The molecule has 0 unspecified atom stereocenters. The van der Waals surface area contributed by atoms with Crippen LogP contribution in [0.5, 0.6) is 0 Å². The number of nitrogens with two attached hydrogens (primary N) is 1. The zero-order chi connectivity index (χ0) is 17.4. The first-order valence-electron chi connectivity index (χ1n) is 7.96. The van der Waals surface area contributed by atoms with Crippen LogP contribution in [-0.4, -0.2) is 45.9 Å². The molecule has 0 aromatic carbocycles. The first-order valence-corrected chi connectivity index (χ1v) is 7.96. The van der Waals surface area contributed by atoms with Crippen LogP contribution in [0.25, 0.3) is 0 Å². The largest absolute Gasteiger partial charge is 0.385 e. The second kappa shape index (κ2) is 8.97. The summed E-state index contributed by atoms with van der Waals surface area (Å²) in [6.45, 7) is 1.47. The Morgan fingerprint density at radius 2 is 2.17 bits per heavy atom. The Bertz CT molecular complexity index is 670. The molecule has 2 aromatic rings. The molecule has 3 N–H and O–H groups in total. The van der Waals surface area contributed by atoms with Gasteiger partial charge in [-0.05, 0) is 24.8 Å². The summed E-state index contributed by atoms with van der Waals surface area (Å²) in [5.41, 5.74) is 6.72. The Morgan fingerprint density at radius 3 is 2.83 bits per heavy atom. The first kappa shape index (κ1) is 17.9. The van der Waals surface area contributed by atoms with Gasteiger partial charge in [-0.3, -0.25) is 9.48 Å². The standard InChI is InChI=1S/C16H24N6O2/c1-22-11-12(9-20-22)8-14-19-10-13(15(17)23)16(21-14)18-6-4-3-5-7-24-2/h9-11H,3-8H2,1-2H3,(H2,17,23)(H,18,19,21). The highest BCUT2D eigenvalue weighted by Gasteiger charge is 2.12. The van der Waals surface area contributed by atoms with Gasteiger partial charge in [0.15, 0.2) is 0 Å². The number of carbonyl (C=O) groups is 1. The third kappa shape index (κ3) is 5.31. The van der Waals surface area contributed by atoms with Crippen molar-refractivity contribution < 1.29 is 9.53 Å². The predicted molar refractivity (Wildman–Crippen MR) is 90.8 cm³/mol. The van der Waals surface area contributed by atoms with Crippen LogP contribution in [0.3, 0.4) is 0 Å². The summed E-state index contributed by atoms with van der Waals surface area (Å²) < 4.78 is 6.75. The molecular weight excluding hydrogens is 308 g/mol. The normalized spacial score (nSPS) is 10.8. The summed E-state index contributed by atoms with van der Waals surface area (Å²) in [4.78, 5) is 20.2. The lowest BCUT2D eigenvalue weighted by atomic mass is 10.2. The van der Waals surface area contributed by atoms with Gasteiger partial charge in [0.05, 0.1) is 11.8 Å². The summed E-state index contributed by atoms with van der Waals surface area (Å²) in [5, 5.41) is 7.32. The Hall–Kier alpha value is -2.48. The second-order valence-corrected chi connectivity index (χ2v) is 5.59. The van der Waals surface area contributed by atoms with Gasteiger partial charge < -0.3 is 15.8 Å². The molecule has 1 amide bonds. The Balaban J connectivity index is 2.00. The maximum atomic E-state index is 11.5. The van der Waals surface area contributed by atoms with Gasteiger partial charge in [0.2, 0.25) is 0 Å². The van der Waals surface area contributed by atoms with E-state index in [1.807, 2.05) is 13.2 Å². The molecule has 0 radical (unpaired) electrons. The lowest BCUT2D eigenvalue weighted by Gasteiger charge is -2.10. The fraction of sp³-hybridized carbons (Fsp3) is 0.500. The van der Waals surface area contributed by atoms with E-state index in [0.717, 1.165) is 31.4 Å². The molecule has 2 aromatic heterocycles. The smallest absolute Gasteiger partial charge is 0.254 e. The molecular formula is C16H24N6O2. The van der Waals surface area contributed by atoms with E-state index >= 15 is 0 Å². The number of unbranched alkanes of at least 4 members (excludes halogenated alkanes) is 2. The third-order valence-corrected chi connectivity index (χ3v) is 3.54. The van der Waals surface area contributed by atoms with Crippen molar-refractivity contribution in [2.45, 2.75) is 25.7 Å². The molecule has 0 atom stereocenters. The molecule has 0 spiro atoms. The summed E-state index contributed by atoms with van der Waals surface area (Å²) in [6.07, 6.45) is 8.73. The van der Waals surface area contributed by atoms with Crippen molar-refractivity contribution in [2.75, 3.05) is 25.6 Å². The molecule has 0 saturated carbocycles. The number of primary amides is 1. The molecule has 0 fully saturated rings. The fourth-order valence-corrected chi connectivity index (χ4v) is 2.32. The number of ether oxygens (including phenoxy) is 1. The van der Waals surface area contributed by atoms with E-state index in [4.69, 9.17) is 10.5 Å². The van der Waals surface area contributed by atoms with E-state index in [2.05, 4.69) is 20.4 Å². The van der Waals surface area contributed by atoms with E-state index in [-0.39, 0.29) is 0 Å². The van der Waals surface area contributed by atoms with E-state index in [1.54, 1.807) is 18.0 Å². The van der Waals surface area contributed by atoms with E-state index in [1.165, 1.54) is 6.20 Å². The van der Waals surface area contributed by atoms with Crippen LogP contribution in [0.4, 0.5) is 5.82 Å². The lowest BCUT2D eigenvalue weighted by molar-refractivity contribution is 0.100. The topological polar surface area (TPSA) is 108 Å². The number of aromatic nitrogens is 4. The highest BCUT2D eigenvalue weighted by molar-refractivity contribution is 5.97. The number of rotatable bonds is 10. The minimum absolute atomic E-state index is 0.307. The Labute approximate surface area is 141 Å². The maximum absolute atomic E-state index is 11.5. The van der Waals surface area contributed by atoms with E-state index in [9.17, 15) is 4.79 Å². The van der Waals surface area contributed by atoms with Crippen LogP contribution >= 0.6 is 0 Å². The maximum Gasteiger partial charge on any atom is 0.254 e. The molecule has 0 saturated heterocycles. The quantitative estimate of drug-likeness (QED) is 0.631. The molecule has 0 bridgehead atoms. The van der Waals surface area contributed by atoms with Crippen molar-refractivity contribution in [2.24, 2.45) is 12.8 Å². The number of hydrogen-bond acceptors (Lipinski definition) is 6. The van der Waals surface area contributed by atoms with E-state index in [0.29, 0.717) is 30.2 Å². The van der Waals surface area contributed by atoms with Gasteiger partial charge in [0, 0.05) is 46.1 Å². The van der Waals surface area contributed by atoms with Gasteiger partial charge in [-0.2, -0.15) is 5.10 Å². The number of nitrogens with one attached hydrogen (secondary N) is 1. The number of anilines is 1. The summed E-state index contributed by atoms with van der Waals surface area (Å²) >= 11 is 0.